The van der Waals surface area contributed by atoms with Gasteiger partial charge in [0.2, 0.25) is 0 Å². The molecule has 120 valence electrons. The van der Waals surface area contributed by atoms with Crippen molar-refractivity contribution in [3.8, 4) is 0 Å². The Balaban J connectivity index is 1.96. The standard InChI is InChI=1S/C16H24N4O2/c1-17(2)14-7-5-13(6-8-14)15(21)19-9-11-20(12-10-19)16(22)18(3)4/h5-8H,9-12H2,1-4H3. The summed E-state index contributed by atoms with van der Waals surface area (Å²) in [5, 5.41) is 0. The van der Waals surface area contributed by atoms with Crippen LogP contribution in [0.2, 0.25) is 0 Å². The van der Waals surface area contributed by atoms with Crippen molar-refractivity contribution >= 4 is 17.6 Å². The van der Waals surface area contributed by atoms with Gasteiger partial charge in [-0.05, 0) is 24.3 Å². The molecule has 0 aliphatic carbocycles. The van der Waals surface area contributed by atoms with Crippen LogP contribution < -0.4 is 4.90 Å². The fourth-order valence-electron chi connectivity index (χ4n) is 2.47. The lowest BCUT2D eigenvalue weighted by Gasteiger charge is -2.36. The molecule has 0 spiro atoms. The molecule has 3 amide bonds. The van der Waals surface area contributed by atoms with E-state index in [9.17, 15) is 9.59 Å². The molecule has 1 heterocycles. The number of hydrogen-bond acceptors (Lipinski definition) is 3. The van der Waals surface area contributed by atoms with Crippen molar-refractivity contribution in [2.45, 2.75) is 0 Å². The molecule has 1 aliphatic rings. The first-order valence-corrected chi connectivity index (χ1v) is 7.43. The molecule has 0 unspecified atom stereocenters. The number of urea groups is 1. The lowest BCUT2D eigenvalue weighted by molar-refractivity contribution is 0.0650. The minimum atomic E-state index is 0.00225. The van der Waals surface area contributed by atoms with E-state index in [-0.39, 0.29) is 11.9 Å². The summed E-state index contributed by atoms with van der Waals surface area (Å²) >= 11 is 0. The molecule has 6 heteroatoms. The van der Waals surface area contributed by atoms with Crippen molar-refractivity contribution in [2.75, 3.05) is 59.3 Å². The highest BCUT2D eigenvalue weighted by Crippen LogP contribution is 2.15. The maximum atomic E-state index is 12.5. The van der Waals surface area contributed by atoms with Crippen molar-refractivity contribution in [1.29, 1.82) is 0 Å². The van der Waals surface area contributed by atoms with Crippen LogP contribution in [-0.4, -0.2) is 81.0 Å². The Kier molecular flexibility index (Phi) is 4.90. The smallest absolute Gasteiger partial charge is 0.319 e. The van der Waals surface area contributed by atoms with E-state index in [1.807, 2.05) is 48.2 Å². The van der Waals surface area contributed by atoms with Crippen molar-refractivity contribution in [3.05, 3.63) is 29.8 Å². The van der Waals surface area contributed by atoms with E-state index in [4.69, 9.17) is 0 Å². The van der Waals surface area contributed by atoms with Gasteiger partial charge in [-0.25, -0.2) is 4.79 Å². The van der Waals surface area contributed by atoms with Crippen LogP contribution in [-0.2, 0) is 0 Å². The van der Waals surface area contributed by atoms with E-state index in [1.165, 1.54) is 0 Å². The Bertz CT molecular complexity index is 532. The number of benzene rings is 1. The van der Waals surface area contributed by atoms with Gasteiger partial charge >= 0.3 is 6.03 Å². The van der Waals surface area contributed by atoms with E-state index < -0.39 is 0 Å². The van der Waals surface area contributed by atoms with Crippen LogP contribution in [0.1, 0.15) is 10.4 Å². The summed E-state index contributed by atoms with van der Waals surface area (Å²) in [6.45, 7) is 2.32. The number of amides is 3. The molecular weight excluding hydrogens is 280 g/mol. The number of carbonyl (C=O) groups is 2. The monoisotopic (exact) mass is 304 g/mol. The van der Waals surface area contributed by atoms with Crippen LogP contribution in [0.4, 0.5) is 10.5 Å². The van der Waals surface area contributed by atoms with Crippen LogP contribution >= 0.6 is 0 Å². The zero-order valence-electron chi connectivity index (χ0n) is 13.7. The van der Waals surface area contributed by atoms with Crippen molar-refractivity contribution in [1.82, 2.24) is 14.7 Å². The maximum absolute atomic E-state index is 12.5. The third-order valence-corrected chi connectivity index (χ3v) is 3.85. The summed E-state index contributed by atoms with van der Waals surface area (Å²) in [7, 11) is 7.42. The molecule has 0 aromatic heterocycles. The highest BCUT2D eigenvalue weighted by Gasteiger charge is 2.25. The van der Waals surface area contributed by atoms with Crippen LogP contribution in [0.25, 0.3) is 0 Å². The minimum Gasteiger partial charge on any atom is -0.378 e. The predicted octanol–water partition coefficient (Wildman–Crippen LogP) is 1.19. The van der Waals surface area contributed by atoms with E-state index in [1.54, 1.807) is 23.9 Å². The van der Waals surface area contributed by atoms with E-state index in [0.29, 0.717) is 31.7 Å². The molecule has 22 heavy (non-hydrogen) atoms. The fourth-order valence-corrected chi connectivity index (χ4v) is 2.47. The van der Waals surface area contributed by atoms with Gasteiger partial charge in [0.05, 0.1) is 0 Å². The quantitative estimate of drug-likeness (QED) is 0.824. The largest absolute Gasteiger partial charge is 0.378 e. The highest BCUT2D eigenvalue weighted by molar-refractivity contribution is 5.94. The van der Waals surface area contributed by atoms with Crippen molar-refractivity contribution in [2.24, 2.45) is 0 Å². The molecule has 1 saturated heterocycles. The summed E-state index contributed by atoms with van der Waals surface area (Å²) in [6, 6.07) is 7.60. The second-order valence-electron chi connectivity index (χ2n) is 5.90. The zero-order chi connectivity index (χ0) is 16.3. The van der Waals surface area contributed by atoms with Crippen LogP contribution in [0.15, 0.2) is 24.3 Å². The molecule has 1 aromatic carbocycles. The van der Waals surface area contributed by atoms with Crippen LogP contribution in [0, 0.1) is 0 Å². The molecule has 1 aliphatic heterocycles. The summed E-state index contributed by atoms with van der Waals surface area (Å²) < 4.78 is 0. The number of carbonyl (C=O) groups excluding carboxylic acids is 2. The van der Waals surface area contributed by atoms with Gasteiger partial charge < -0.3 is 19.6 Å². The summed E-state index contributed by atoms with van der Waals surface area (Å²) in [6.07, 6.45) is 0. The van der Waals surface area contributed by atoms with Crippen LogP contribution in [0.3, 0.4) is 0 Å². The molecule has 0 radical (unpaired) electrons. The van der Waals surface area contributed by atoms with E-state index in [2.05, 4.69) is 0 Å². The molecule has 0 N–H and O–H groups in total. The maximum Gasteiger partial charge on any atom is 0.319 e. The lowest BCUT2D eigenvalue weighted by Crippen LogP contribution is -2.52. The third kappa shape index (κ3) is 3.50. The average Bonchev–Trinajstić information content (AvgIpc) is 2.53. The second-order valence-corrected chi connectivity index (χ2v) is 5.90. The van der Waals surface area contributed by atoms with Gasteiger partial charge in [-0.1, -0.05) is 0 Å². The van der Waals surface area contributed by atoms with Gasteiger partial charge in [-0.15, -0.1) is 0 Å². The highest BCUT2D eigenvalue weighted by atomic mass is 16.2. The second kappa shape index (κ2) is 6.68. The molecule has 1 aromatic rings. The fraction of sp³-hybridized carbons (Fsp3) is 0.500. The predicted molar refractivity (Wildman–Crippen MR) is 87.3 cm³/mol. The summed E-state index contributed by atoms with van der Waals surface area (Å²) in [4.78, 5) is 31.5. The molecule has 0 atom stereocenters. The van der Waals surface area contributed by atoms with Gasteiger partial charge in [0.15, 0.2) is 0 Å². The first kappa shape index (κ1) is 16.1. The summed E-state index contributed by atoms with van der Waals surface area (Å²) in [5.41, 5.74) is 1.76. The summed E-state index contributed by atoms with van der Waals surface area (Å²) in [5.74, 6) is 0.0299. The Morgan fingerprint density at radius 1 is 0.864 bits per heavy atom. The number of rotatable bonds is 2. The molecule has 6 nitrogen and oxygen atoms in total. The third-order valence-electron chi connectivity index (χ3n) is 3.85. The Morgan fingerprint density at radius 2 is 1.36 bits per heavy atom. The lowest BCUT2D eigenvalue weighted by atomic mass is 10.1. The normalized spacial score (nSPS) is 14.7. The number of nitrogens with zero attached hydrogens (tertiary/aromatic N) is 4. The topological polar surface area (TPSA) is 47.1 Å². The van der Waals surface area contributed by atoms with Gasteiger partial charge in [-0.3, -0.25) is 4.79 Å². The Labute approximate surface area is 131 Å². The molecule has 2 rings (SSSR count). The molecule has 1 fully saturated rings. The van der Waals surface area contributed by atoms with E-state index in [0.717, 1.165) is 5.69 Å². The molecule has 0 saturated carbocycles. The Hall–Kier alpha value is -2.24. The minimum absolute atomic E-state index is 0.00225. The molecule has 0 bridgehead atoms. The van der Waals surface area contributed by atoms with Gasteiger partial charge in [0, 0.05) is 65.6 Å². The van der Waals surface area contributed by atoms with Crippen molar-refractivity contribution < 1.29 is 9.59 Å². The zero-order valence-corrected chi connectivity index (χ0v) is 13.7. The van der Waals surface area contributed by atoms with Gasteiger partial charge in [0.1, 0.15) is 0 Å². The number of anilines is 1. The first-order chi connectivity index (χ1) is 10.4. The van der Waals surface area contributed by atoms with E-state index >= 15 is 0 Å². The first-order valence-electron chi connectivity index (χ1n) is 7.43. The number of hydrogen-bond donors (Lipinski definition) is 0. The molecular formula is C16H24N4O2. The Morgan fingerprint density at radius 3 is 1.82 bits per heavy atom. The van der Waals surface area contributed by atoms with Crippen LogP contribution in [0.5, 0.6) is 0 Å². The van der Waals surface area contributed by atoms with Crippen molar-refractivity contribution in [3.63, 3.8) is 0 Å². The van der Waals surface area contributed by atoms with Gasteiger partial charge in [0.25, 0.3) is 5.91 Å². The SMILES string of the molecule is CN(C)C(=O)N1CCN(C(=O)c2ccc(N(C)C)cc2)CC1. The van der Waals surface area contributed by atoms with Gasteiger partial charge in [-0.2, -0.15) is 0 Å². The number of piperazine rings is 1. The average molecular weight is 304 g/mol.